The van der Waals surface area contributed by atoms with Crippen LogP contribution in [0.25, 0.3) is 0 Å². The monoisotopic (exact) mass is 336 g/mol. The van der Waals surface area contributed by atoms with E-state index in [2.05, 4.69) is 37.6 Å². The molecule has 1 aliphatic rings. The van der Waals surface area contributed by atoms with Crippen LogP contribution >= 0.6 is 0 Å². The lowest BCUT2D eigenvalue weighted by atomic mass is 10.0. The largest absolute Gasteiger partial charge is 0.359 e. The van der Waals surface area contributed by atoms with Crippen LogP contribution in [0.2, 0.25) is 0 Å². The van der Waals surface area contributed by atoms with E-state index in [4.69, 9.17) is 0 Å². The molecule has 0 bridgehead atoms. The molecule has 0 aromatic heterocycles. The van der Waals surface area contributed by atoms with Crippen molar-refractivity contribution in [1.29, 1.82) is 0 Å². The fraction of sp³-hybridized carbons (Fsp3) is 0.909. The first-order valence-electron chi connectivity index (χ1n) is 10.8. The van der Waals surface area contributed by atoms with Gasteiger partial charge in [0.15, 0.2) is 0 Å². The summed E-state index contributed by atoms with van der Waals surface area (Å²) in [5, 5.41) is 0. The molecule has 0 aromatic rings. The zero-order chi connectivity index (χ0) is 17.6. The van der Waals surface area contributed by atoms with Crippen LogP contribution in [0.15, 0.2) is 11.4 Å². The van der Waals surface area contributed by atoms with E-state index < -0.39 is 0 Å². The van der Waals surface area contributed by atoms with E-state index in [1.165, 1.54) is 108 Å². The Kier molecular flexibility index (Phi) is 12.1. The van der Waals surface area contributed by atoms with Crippen LogP contribution in [-0.2, 0) is 0 Å². The molecule has 0 N–H and O–H groups in total. The summed E-state index contributed by atoms with van der Waals surface area (Å²) in [6, 6.07) is 0. The Morgan fingerprint density at radius 2 is 1.04 bits per heavy atom. The molecule has 0 unspecified atom stereocenters. The lowest BCUT2D eigenvalue weighted by Crippen LogP contribution is -2.25. The van der Waals surface area contributed by atoms with Gasteiger partial charge in [-0.1, -0.05) is 90.4 Å². The van der Waals surface area contributed by atoms with E-state index in [1.54, 1.807) is 0 Å². The minimum absolute atomic E-state index is 1.09. The number of rotatable bonds is 15. The minimum atomic E-state index is 1.09. The van der Waals surface area contributed by atoms with Gasteiger partial charge < -0.3 is 9.80 Å². The second kappa shape index (κ2) is 13.6. The quantitative estimate of drug-likeness (QED) is 0.299. The maximum atomic E-state index is 2.54. The molecule has 0 aliphatic carbocycles. The Labute approximate surface area is 152 Å². The average molecular weight is 337 g/mol. The first-order valence-corrected chi connectivity index (χ1v) is 10.8. The molecule has 0 saturated heterocycles. The minimum Gasteiger partial charge on any atom is -0.359 e. The van der Waals surface area contributed by atoms with E-state index >= 15 is 0 Å². The highest BCUT2D eigenvalue weighted by Crippen LogP contribution is 2.21. The van der Waals surface area contributed by atoms with Gasteiger partial charge in [-0.3, -0.25) is 0 Å². The van der Waals surface area contributed by atoms with Crippen LogP contribution in [-0.4, -0.2) is 30.1 Å². The standard InChI is InChI=1S/C22H44N2/c1-5-6-7-8-9-10-11-12-13-14-15-16-17-18-19-24-20-23(4)21(2)22(24)3/h5-20H2,1-4H3. The van der Waals surface area contributed by atoms with Crippen LogP contribution in [0.5, 0.6) is 0 Å². The van der Waals surface area contributed by atoms with Gasteiger partial charge in [-0.05, 0) is 20.3 Å². The third kappa shape index (κ3) is 8.99. The van der Waals surface area contributed by atoms with Crippen LogP contribution < -0.4 is 0 Å². The van der Waals surface area contributed by atoms with Gasteiger partial charge in [-0.2, -0.15) is 0 Å². The SMILES string of the molecule is CCCCCCCCCCCCCCCCN1CN(C)C(C)=C1C. The Morgan fingerprint density at radius 1 is 0.625 bits per heavy atom. The molecular formula is C22H44N2. The lowest BCUT2D eigenvalue weighted by Gasteiger charge is -2.20. The van der Waals surface area contributed by atoms with E-state index in [0.717, 1.165) is 6.67 Å². The molecule has 1 rings (SSSR count). The molecule has 0 saturated carbocycles. The van der Waals surface area contributed by atoms with E-state index in [1.807, 2.05) is 0 Å². The smallest absolute Gasteiger partial charge is 0.0895 e. The van der Waals surface area contributed by atoms with Gasteiger partial charge in [0.2, 0.25) is 0 Å². The van der Waals surface area contributed by atoms with Crippen molar-refractivity contribution in [2.45, 2.75) is 111 Å². The van der Waals surface area contributed by atoms with Gasteiger partial charge in [-0.15, -0.1) is 0 Å². The maximum absolute atomic E-state index is 2.54. The molecule has 0 radical (unpaired) electrons. The molecule has 0 amide bonds. The van der Waals surface area contributed by atoms with Gasteiger partial charge in [-0.25, -0.2) is 0 Å². The van der Waals surface area contributed by atoms with E-state index in [9.17, 15) is 0 Å². The van der Waals surface area contributed by atoms with Crippen molar-refractivity contribution >= 4 is 0 Å². The summed E-state index contributed by atoms with van der Waals surface area (Å²) < 4.78 is 0. The highest BCUT2D eigenvalue weighted by molar-refractivity contribution is 5.12. The summed E-state index contributed by atoms with van der Waals surface area (Å²) in [5.41, 5.74) is 2.92. The van der Waals surface area contributed by atoms with Crippen molar-refractivity contribution in [3.63, 3.8) is 0 Å². The zero-order valence-electron chi connectivity index (χ0n) is 17.2. The second-order valence-corrected chi connectivity index (χ2v) is 7.87. The molecule has 24 heavy (non-hydrogen) atoms. The highest BCUT2D eigenvalue weighted by atomic mass is 15.4. The molecule has 2 heteroatoms. The van der Waals surface area contributed by atoms with Crippen molar-refractivity contribution in [2.75, 3.05) is 20.3 Å². The third-order valence-corrected chi connectivity index (χ3v) is 5.73. The van der Waals surface area contributed by atoms with Crippen molar-refractivity contribution < 1.29 is 0 Å². The normalized spacial score (nSPS) is 15.0. The topological polar surface area (TPSA) is 6.48 Å². The number of nitrogens with zero attached hydrogens (tertiary/aromatic N) is 2. The highest BCUT2D eigenvalue weighted by Gasteiger charge is 2.19. The molecule has 0 spiro atoms. The zero-order valence-corrected chi connectivity index (χ0v) is 17.2. The first kappa shape index (κ1) is 21.4. The molecular weight excluding hydrogens is 292 g/mol. The summed E-state index contributed by atoms with van der Waals surface area (Å²) >= 11 is 0. The Bertz CT molecular complexity index is 335. The summed E-state index contributed by atoms with van der Waals surface area (Å²) in [7, 11) is 2.20. The van der Waals surface area contributed by atoms with Gasteiger partial charge >= 0.3 is 0 Å². The van der Waals surface area contributed by atoms with Crippen molar-refractivity contribution in [2.24, 2.45) is 0 Å². The van der Waals surface area contributed by atoms with Crippen LogP contribution in [0.1, 0.15) is 111 Å². The Hall–Kier alpha value is -0.660. The summed E-state index contributed by atoms with van der Waals surface area (Å²) in [6.07, 6.45) is 20.2. The van der Waals surface area contributed by atoms with Crippen molar-refractivity contribution in [3.8, 4) is 0 Å². The molecule has 0 fully saturated rings. The van der Waals surface area contributed by atoms with E-state index in [0.29, 0.717) is 0 Å². The predicted molar refractivity (Wildman–Crippen MR) is 108 cm³/mol. The van der Waals surface area contributed by atoms with Gasteiger partial charge in [0, 0.05) is 25.0 Å². The Balaban J connectivity index is 1.80. The molecule has 0 atom stereocenters. The third-order valence-electron chi connectivity index (χ3n) is 5.73. The fourth-order valence-corrected chi connectivity index (χ4v) is 3.71. The van der Waals surface area contributed by atoms with Gasteiger partial charge in [0.1, 0.15) is 0 Å². The van der Waals surface area contributed by atoms with Crippen LogP contribution in [0.3, 0.4) is 0 Å². The molecule has 0 aromatic carbocycles. The predicted octanol–water partition coefficient (Wildman–Crippen LogP) is 6.92. The Morgan fingerprint density at radius 3 is 1.42 bits per heavy atom. The second-order valence-electron chi connectivity index (χ2n) is 7.87. The van der Waals surface area contributed by atoms with Crippen molar-refractivity contribution in [1.82, 2.24) is 9.80 Å². The first-order chi connectivity index (χ1) is 11.7. The molecule has 2 nitrogen and oxygen atoms in total. The molecule has 142 valence electrons. The number of allylic oxidation sites excluding steroid dienone is 2. The average Bonchev–Trinajstić information content (AvgIpc) is 2.82. The number of unbranched alkanes of at least 4 members (excludes halogenated alkanes) is 13. The van der Waals surface area contributed by atoms with E-state index in [-0.39, 0.29) is 0 Å². The van der Waals surface area contributed by atoms with Gasteiger partial charge in [0.05, 0.1) is 6.67 Å². The summed E-state index contributed by atoms with van der Waals surface area (Å²) in [4.78, 5) is 4.90. The number of hydrogen-bond donors (Lipinski definition) is 0. The fourth-order valence-electron chi connectivity index (χ4n) is 3.71. The van der Waals surface area contributed by atoms with Crippen LogP contribution in [0, 0.1) is 0 Å². The molecule has 1 heterocycles. The van der Waals surface area contributed by atoms with Crippen molar-refractivity contribution in [3.05, 3.63) is 11.4 Å². The maximum Gasteiger partial charge on any atom is 0.0895 e. The van der Waals surface area contributed by atoms with Gasteiger partial charge in [0.25, 0.3) is 0 Å². The lowest BCUT2D eigenvalue weighted by molar-refractivity contribution is 0.272. The van der Waals surface area contributed by atoms with Crippen LogP contribution in [0.4, 0.5) is 0 Å². The summed E-state index contributed by atoms with van der Waals surface area (Å²) in [5.74, 6) is 0. The number of hydrogen-bond acceptors (Lipinski definition) is 2. The summed E-state index contributed by atoms with van der Waals surface area (Å²) in [6.45, 7) is 9.13. The molecule has 1 aliphatic heterocycles.